The number of nitrogens with zero attached hydrogens (tertiary/aromatic N) is 3. The van der Waals surface area contributed by atoms with Crippen LogP contribution in [-0.4, -0.2) is 14.7 Å². The average molecular weight is 521 g/mol. The van der Waals surface area contributed by atoms with Gasteiger partial charge < -0.3 is 14.8 Å². The Morgan fingerprint density at radius 1 is 0.973 bits per heavy atom. The van der Waals surface area contributed by atoms with Crippen LogP contribution in [-0.2, 0) is 12.6 Å². The van der Waals surface area contributed by atoms with E-state index in [0.29, 0.717) is 10.8 Å². The maximum atomic E-state index is 13.9. The maximum Gasteiger partial charge on any atom is 0.418 e. The normalized spacial score (nSPS) is 17.8. The summed E-state index contributed by atoms with van der Waals surface area (Å²) in [6.07, 6.45) is -1.82. The molecule has 2 aromatic heterocycles. The molecular weight excluding hydrogens is 493 g/mol. The Morgan fingerprint density at radius 3 is 2.32 bits per heavy atom. The molecule has 0 amide bonds. The summed E-state index contributed by atoms with van der Waals surface area (Å²) in [4.78, 5) is 6.64. The molecule has 0 aliphatic carbocycles. The van der Waals surface area contributed by atoms with Gasteiger partial charge in [-0.2, -0.15) is 13.2 Å². The lowest BCUT2D eigenvalue weighted by atomic mass is 9.96. The second-order valence-corrected chi connectivity index (χ2v) is 9.58. The van der Waals surface area contributed by atoms with Gasteiger partial charge in [0.1, 0.15) is 0 Å². The molecule has 1 saturated heterocycles. The van der Waals surface area contributed by atoms with Crippen molar-refractivity contribution in [2.45, 2.75) is 45.5 Å². The first-order valence-corrected chi connectivity index (χ1v) is 12.6. The van der Waals surface area contributed by atoms with Gasteiger partial charge in [-0.15, -0.1) is 0 Å². The molecule has 0 spiro atoms. The van der Waals surface area contributed by atoms with E-state index in [9.17, 15) is 13.2 Å². The first-order chi connectivity index (χ1) is 17.7. The van der Waals surface area contributed by atoms with Gasteiger partial charge in [0.2, 0.25) is 0 Å². The fourth-order valence-corrected chi connectivity index (χ4v) is 5.55. The fraction of sp³-hybridized carbons (Fsp3) is 0.241. The topological polar surface area (TPSA) is 33.1 Å². The fourth-order valence-electron chi connectivity index (χ4n) is 5.21. The molecule has 2 aromatic carbocycles. The molecular formula is C29H27F3N4S. The van der Waals surface area contributed by atoms with E-state index < -0.39 is 11.7 Å². The van der Waals surface area contributed by atoms with Crippen LogP contribution < -0.4 is 10.2 Å². The molecule has 190 valence electrons. The number of aromatic nitrogens is 2. The van der Waals surface area contributed by atoms with Crippen molar-refractivity contribution >= 4 is 23.0 Å². The molecule has 0 radical (unpaired) electrons. The number of hydrogen-bond donors (Lipinski definition) is 1. The zero-order valence-corrected chi connectivity index (χ0v) is 21.6. The van der Waals surface area contributed by atoms with Gasteiger partial charge >= 0.3 is 6.18 Å². The molecule has 3 heterocycles. The van der Waals surface area contributed by atoms with Crippen molar-refractivity contribution in [3.63, 3.8) is 0 Å². The molecule has 1 aliphatic heterocycles. The Morgan fingerprint density at radius 2 is 1.68 bits per heavy atom. The summed E-state index contributed by atoms with van der Waals surface area (Å²) in [6.45, 7) is 5.80. The minimum atomic E-state index is -4.47. The highest BCUT2D eigenvalue weighted by molar-refractivity contribution is 7.80. The van der Waals surface area contributed by atoms with Crippen molar-refractivity contribution in [3.8, 4) is 5.69 Å². The van der Waals surface area contributed by atoms with E-state index in [1.807, 2.05) is 50.2 Å². The van der Waals surface area contributed by atoms with Gasteiger partial charge in [-0.3, -0.25) is 4.98 Å². The van der Waals surface area contributed by atoms with Gasteiger partial charge in [0.25, 0.3) is 0 Å². The van der Waals surface area contributed by atoms with Crippen LogP contribution in [0.5, 0.6) is 0 Å². The van der Waals surface area contributed by atoms with Crippen LogP contribution >= 0.6 is 12.2 Å². The molecule has 2 unspecified atom stereocenters. The Hall–Kier alpha value is -3.65. The first kappa shape index (κ1) is 25.0. The number of nitrogens with one attached hydrogen (secondary N) is 1. The van der Waals surface area contributed by atoms with Crippen molar-refractivity contribution in [2.24, 2.45) is 0 Å². The number of pyridine rings is 1. The lowest BCUT2D eigenvalue weighted by Crippen LogP contribution is -2.29. The summed E-state index contributed by atoms with van der Waals surface area (Å²) in [6, 6.07) is 21.0. The largest absolute Gasteiger partial charge is 0.418 e. The van der Waals surface area contributed by atoms with E-state index in [1.54, 1.807) is 16.8 Å². The third-order valence-corrected chi connectivity index (χ3v) is 7.27. The molecule has 4 nitrogen and oxygen atoms in total. The van der Waals surface area contributed by atoms with Gasteiger partial charge in [0.15, 0.2) is 5.11 Å². The minimum absolute atomic E-state index is 0.109. The van der Waals surface area contributed by atoms with E-state index in [-0.39, 0.29) is 17.8 Å². The summed E-state index contributed by atoms with van der Waals surface area (Å²) in [5.74, 6) is 0. The number of rotatable bonds is 5. The van der Waals surface area contributed by atoms with Gasteiger partial charge in [-0.25, -0.2) is 0 Å². The monoisotopic (exact) mass is 520 g/mol. The molecule has 0 saturated carbocycles. The lowest BCUT2D eigenvalue weighted by molar-refractivity contribution is -0.137. The molecule has 1 fully saturated rings. The molecule has 2 atom stereocenters. The maximum absolute atomic E-state index is 13.9. The van der Waals surface area contributed by atoms with E-state index in [2.05, 4.69) is 34.3 Å². The molecule has 5 rings (SSSR count). The smallest absolute Gasteiger partial charge is 0.351 e. The number of alkyl halides is 3. The molecule has 1 N–H and O–H groups in total. The number of aryl methyl sites for hydroxylation is 2. The van der Waals surface area contributed by atoms with Crippen molar-refractivity contribution < 1.29 is 13.2 Å². The second-order valence-electron chi connectivity index (χ2n) is 9.19. The van der Waals surface area contributed by atoms with Crippen LogP contribution in [0.25, 0.3) is 5.69 Å². The predicted molar refractivity (Wildman–Crippen MR) is 144 cm³/mol. The summed E-state index contributed by atoms with van der Waals surface area (Å²) >= 11 is 5.82. The Balaban J connectivity index is 1.69. The molecule has 0 bridgehead atoms. The van der Waals surface area contributed by atoms with Gasteiger partial charge in [0, 0.05) is 23.3 Å². The Labute approximate surface area is 219 Å². The molecule has 37 heavy (non-hydrogen) atoms. The van der Waals surface area contributed by atoms with Crippen LogP contribution in [0.3, 0.4) is 0 Å². The number of halogens is 3. The average Bonchev–Trinajstić information content (AvgIpc) is 3.39. The first-order valence-electron chi connectivity index (χ1n) is 12.2. The van der Waals surface area contributed by atoms with Gasteiger partial charge in [0.05, 0.1) is 29.0 Å². The van der Waals surface area contributed by atoms with Gasteiger partial charge in [-0.05, 0) is 86.1 Å². The number of anilines is 1. The predicted octanol–water partition coefficient (Wildman–Crippen LogP) is 7.25. The highest BCUT2D eigenvalue weighted by atomic mass is 32.1. The van der Waals surface area contributed by atoms with Crippen LogP contribution in [0, 0.1) is 13.8 Å². The van der Waals surface area contributed by atoms with Crippen molar-refractivity contribution in [3.05, 3.63) is 113 Å². The summed E-state index contributed by atoms with van der Waals surface area (Å²) in [5.41, 5.74) is 4.69. The van der Waals surface area contributed by atoms with E-state index in [0.717, 1.165) is 35.1 Å². The number of benzene rings is 2. The van der Waals surface area contributed by atoms with E-state index in [4.69, 9.17) is 12.2 Å². The summed E-state index contributed by atoms with van der Waals surface area (Å²) in [5, 5.41) is 3.98. The third-order valence-electron chi connectivity index (χ3n) is 6.96. The highest BCUT2D eigenvalue weighted by Gasteiger charge is 2.43. The summed E-state index contributed by atoms with van der Waals surface area (Å²) in [7, 11) is 0. The van der Waals surface area contributed by atoms with Crippen LogP contribution in [0.1, 0.15) is 52.8 Å². The quantitative estimate of drug-likeness (QED) is 0.281. The highest BCUT2D eigenvalue weighted by Crippen LogP contribution is 2.44. The number of thiocarbonyl (C=S) groups is 1. The van der Waals surface area contributed by atoms with E-state index in [1.165, 1.54) is 17.7 Å². The van der Waals surface area contributed by atoms with Crippen LogP contribution in [0.2, 0.25) is 0 Å². The number of para-hydroxylation sites is 1. The molecule has 4 aromatic rings. The standard InChI is InChI=1S/C29H27F3N4S/c1-4-20-12-14-21(15-13-20)36-27(26(34-28(36)37)24-10-7-8-16-33-24)22-17-18(2)35(19(22)3)25-11-6-5-9-23(25)29(30,31)32/h5-17,26-27H,4H2,1-3H3,(H,34,37). The van der Waals surface area contributed by atoms with E-state index >= 15 is 0 Å². The minimum Gasteiger partial charge on any atom is -0.351 e. The van der Waals surface area contributed by atoms with Crippen LogP contribution in [0.15, 0.2) is 79.0 Å². The molecule has 8 heteroatoms. The third kappa shape index (κ3) is 4.50. The SMILES string of the molecule is CCc1ccc(N2C(=S)NC(c3ccccn3)C2c2cc(C)n(-c3ccccc3C(F)(F)F)c2C)cc1. The second kappa shape index (κ2) is 9.67. The molecule has 1 aliphatic rings. The zero-order chi connectivity index (χ0) is 26.3. The summed E-state index contributed by atoms with van der Waals surface area (Å²) < 4.78 is 43.5. The zero-order valence-electron chi connectivity index (χ0n) is 20.8. The number of hydrogen-bond acceptors (Lipinski definition) is 2. The lowest BCUT2D eigenvalue weighted by Gasteiger charge is -2.28. The Bertz CT molecular complexity index is 1430. The van der Waals surface area contributed by atoms with Crippen LogP contribution in [0.4, 0.5) is 18.9 Å². The van der Waals surface area contributed by atoms with Crippen molar-refractivity contribution in [1.29, 1.82) is 0 Å². The Kier molecular flexibility index (Phi) is 6.54. The van der Waals surface area contributed by atoms with Gasteiger partial charge in [-0.1, -0.05) is 37.3 Å². The van der Waals surface area contributed by atoms with Crippen molar-refractivity contribution in [1.82, 2.24) is 14.9 Å². The van der Waals surface area contributed by atoms with Crippen molar-refractivity contribution in [2.75, 3.05) is 4.90 Å².